The van der Waals surface area contributed by atoms with Crippen molar-refractivity contribution in [1.29, 1.82) is 0 Å². The second kappa shape index (κ2) is 5.66. The summed E-state index contributed by atoms with van der Waals surface area (Å²) in [7, 11) is 0. The normalized spacial score (nSPS) is 12.5. The summed E-state index contributed by atoms with van der Waals surface area (Å²) >= 11 is 9.21. The highest BCUT2D eigenvalue weighted by atomic mass is 79.9. The van der Waals surface area contributed by atoms with Crippen molar-refractivity contribution in [2.24, 2.45) is 0 Å². The van der Waals surface area contributed by atoms with E-state index in [0.29, 0.717) is 21.5 Å². The number of aromatic amines is 1. The molecule has 8 heteroatoms. The topological polar surface area (TPSA) is 91.8 Å². The molecule has 3 rings (SSSR count). The van der Waals surface area contributed by atoms with Gasteiger partial charge in [-0.2, -0.15) is 0 Å². The van der Waals surface area contributed by atoms with Crippen molar-refractivity contribution in [3.05, 3.63) is 51.2 Å². The number of rotatable bonds is 3. The molecule has 0 saturated carbocycles. The van der Waals surface area contributed by atoms with E-state index in [9.17, 15) is 9.90 Å². The molecule has 6 nitrogen and oxygen atoms in total. The number of H-pyrrole nitrogens is 1. The summed E-state index contributed by atoms with van der Waals surface area (Å²) in [4.78, 5) is 27.2. The summed E-state index contributed by atoms with van der Waals surface area (Å²) in [5.41, 5.74) is 2.29. The number of imidazole rings is 1. The number of hydrogen-bond acceptors (Lipinski definition) is 4. The maximum Gasteiger partial charge on any atom is 0.320 e. The minimum Gasteiger partial charge on any atom is -0.480 e. The maximum atomic E-state index is 11.8. The lowest BCUT2D eigenvalue weighted by Crippen LogP contribution is -2.17. The number of carboxylic acid groups (broad SMARTS) is 1. The second-order valence-electron chi connectivity index (χ2n) is 4.69. The van der Waals surface area contributed by atoms with Gasteiger partial charge < -0.3 is 10.1 Å². The lowest BCUT2D eigenvalue weighted by molar-refractivity contribution is -0.138. The molecule has 0 aliphatic heterocycles. The number of aryl methyl sites for hydroxylation is 1. The first-order chi connectivity index (χ1) is 10.5. The van der Waals surface area contributed by atoms with Crippen molar-refractivity contribution in [2.75, 3.05) is 0 Å². The van der Waals surface area contributed by atoms with Crippen LogP contribution in [0.3, 0.4) is 0 Å². The third kappa shape index (κ3) is 2.57. The molecule has 0 bridgehead atoms. The van der Waals surface area contributed by atoms with Crippen LogP contribution >= 0.6 is 27.5 Å². The van der Waals surface area contributed by atoms with Gasteiger partial charge in [-0.1, -0.05) is 12.1 Å². The number of halogens is 2. The van der Waals surface area contributed by atoms with Gasteiger partial charge in [0.15, 0.2) is 5.92 Å². The Morgan fingerprint density at radius 2 is 2.05 bits per heavy atom. The average Bonchev–Trinajstić information content (AvgIpc) is 2.87. The van der Waals surface area contributed by atoms with E-state index in [1.165, 1.54) is 0 Å². The van der Waals surface area contributed by atoms with Crippen LogP contribution in [0.2, 0.25) is 5.28 Å². The summed E-state index contributed by atoms with van der Waals surface area (Å²) < 4.78 is 0.504. The van der Waals surface area contributed by atoms with E-state index in [4.69, 9.17) is 11.6 Å². The van der Waals surface area contributed by atoms with Crippen LogP contribution in [0.4, 0.5) is 0 Å². The minimum absolute atomic E-state index is 0.00180. The number of hydrogen-bond donors (Lipinski definition) is 2. The number of fused-ring (bicyclic) bond motifs is 1. The minimum atomic E-state index is -1.08. The van der Waals surface area contributed by atoms with Crippen LogP contribution in [0, 0.1) is 6.92 Å². The molecule has 22 heavy (non-hydrogen) atoms. The number of carboxylic acids is 1. The number of aromatic nitrogens is 4. The average molecular weight is 382 g/mol. The van der Waals surface area contributed by atoms with Crippen LogP contribution in [0.25, 0.3) is 11.0 Å². The van der Waals surface area contributed by atoms with E-state index in [-0.39, 0.29) is 11.0 Å². The van der Waals surface area contributed by atoms with Gasteiger partial charge in [-0.3, -0.25) is 4.79 Å². The molecule has 112 valence electrons. The molecule has 2 heterocycles. The lowest BCUT2D eigenvalue weighted by atomic mass is 10.0. The van der Waals surface area contributed by atoms with E-state index >= 15 is 0 Å². The van der Waals surface area contributed by atoms with Crippen LogP contribution in [-0.2, 0) is 4.79 Å². The maximum absolute atomic E-state index is 11.8. The molecule has 2 N–H and O–H groups in total. The van der Waals surface area contributed by atoms with Gasteiger partial charge in [0.25, 0.3) is 0 Å². The molecule has 0 amide bonds. The monoisotopic (exact) mass is 380 g/mol. The number of benzene rings is 1. The highest BCUT2D eigenvalue weighted by molar-refractivity contribution is 9.10. The number of nitrogens with one attached hydrogen (secondary N) is 1. The molecule has 1 unspecified atom stereocenters. The summed E-state index contributed by atoms with van der Waals surface area (Å²) in [5, 5.41) is 9.63. The smallest absolute Gasteiger partial charge is 0.320 e. The largest absolute Gasteiger partial charge is 0.480 e. The highest BCUT2D eigenvalue weighted by Crippen LogP contribution is 2.31. The first kappa shape index (κ1) is 14.9. The SMILES string of the molecule is Cc1nc(Cl)nc(C(C(=O)O)c2nc3ccccc3[nH]2)c1Br. The Hall–Kier alpha value is -1.99. The molecule has 0 spiro atoms. The highest BCUT2D eigenvalue weighted by Gasteiger charge is 2.30. The van der Waals surface area contributed by atoms with Crippen LogP contribution in [0.1, 0.15) is 23.1 Å². The zero-order chi connectivity index (χ0) is 15.9. The predicted octanol–water partition coefficient (Wildman–Crippen LogP) is 3.29. The van der Waals surface area contributed by atoms with Gasteiger partial charge in [-0.05, 0) is 46.6 Å². The number of nitrogens with zero attached hydrogens (tertiary/aromatic N) is 3. The summed E-state index contributed by atoms with van der Waals surface area (Å²) in [6.45, 7) is 1.72. The van der Waals surface area contributed by atoms with Crippen molar-refractivity contribution < 1.29 is 9.90 Å². The number of para-hydroxylation sites is 2. The van der Waals surface area contributed by atoms with Crippen LogP contribution in [0.15, 0.2) is 28.7 Å². The summed E-state index contributed by atoms with van der Waals surface area (Å²) in [6, 6.07) is 7.32. The van der Waals surface area contributed by atoms with Crippen molar-refractivity contribution in [3.8, 4) is 0 Å². The zero-order valence-electron chi connectivity index (χ0n) is 11.3. The molecular formula is C14H10BrClN4O2. The van der Waals surface area contributed by atoms with E-state index in [1.54, 1.807) is 6.92 Å². The molecule has 0 saturated heterocycles. The van der Waals surface area contributed by atoms with Crippen molar-refractivity contribution in [1.82, 2.24) is 19.9 Å². The first-order valence-electron chi connectivity index (χ1n) is 6.34. The van der Waals surface area contributed by atoms with E-state index in [1.807, 2.05) is 24.3 Å². The fourth-order valence-electron chi connectivity index (χ4n) is 2.21. The Morgan fingerprint density at radius 1 is 1.32 bits per heavy atom. The van der Waals surface area contributed by atoms with Gasteiger partial charge in [-0.25, -0.2) is 15.0 Å². The van der Waals surface area contributed by atoms with E-state index in [2.05, 4.69) is 35.9 Å². The van der Waals surface area contributed by atoms with Crippen LogP contribution in [0.5, 0.6) is 0 Å². The standard InChI is InChI=1S/C14H10BrClN4O2/c1-6-10(15)11(20-14(16)17-6)9(13(21)22)12-18-7-4-2-3-5-8(7)19-12/h2-5,9H,1H3,(H,18,19)(H,21,22). The van der Waals surface area contributed by atoms with Crippen molar-refractivity contribution in [2.45, 2.75) is 12.8 Å². The fourth-order valence-corrected chi connectivity index (χ4v) is 2.83. The molecule has 0 fully saturated rings. The van der Waals surface area contributed by atoms with Gasteiger partial charge >= 0.3 is 5.97 Å². The fraction of sp³-hybridized carbons (Fsp3) is 0.143. The Labute approximate surface area is 138 Å². The molecule has 0 radical (unpaired) electrons. The Morgan fingerprint density at radius 3 is 2.73 bits per heavy atom. The van der Waals surface area contributed by atoms with Gasteiger partial charge in [-0.15, -0.1) is 0 Å². The zero-order valence-corrected chi connectivity index (χ0v) is 13.7. The van der Waals surface area contributed by atoms with Gasteiger partial charge in [0.05, 0.1) is 26.9 Å². The molecule has 0 aliphatic carbocycles. The molecule has 0 aliphatic rings. The van der Waals surface area contributed by atoms with Crippen LogP contribution in [-0.4, -0.2) is 31.0 Å². The van der Waals surface area contributed by atoms with E-state index < -0.39 is 11.9 Å². The quantitative estimate of drug-likeness (QED) is 0.679. The van der Waals surface area contributed by atoms with Gasteiger partial charge in [0, 0.05) is 0 Å². The number of carbonyl (C=O) groups is 1. The third-order valence-corrected chi connectivity index (χ3v) is 4.37. The molecular weight excluding hydrogens is 372 g/mol. The third-order valence-electron chi connectivity index (χ3n) is 3.22. The van der Waals surface area contributed by atoms with Gasteiger partial charge in [0.1, 0.15) is 5.82 Å². The Kier molecular flexibility index (Phi) is 3.84. The van der Waals surface area contributed by atoms with E-state index in [0.717, 1.165) is 5.52 Å². The van der Waals surface area contributed by atoms with Crippen molar-refractivity contribution in [3.63, 3.8) is 0 Å². The van der Waals surface area contributed by atoms with Gasteiger partial charge in [0.2, 0.25) is 5.28 Å². The Balaban J connectivity index is 2.20. The molecule has 1 aromatic carbocycles. The molecule has 1 atom stereocenters. The molecule has 2 aromatic heterocycles. The van der Waals surface area contributed by atoms with Crippen LogP contribution < -0.4 is 0 Å². The molecule has 3 aromatic rings. The first-order valence-corrected chi connectivity index (χ1v) is 7.51. The predicted molar refractivity (Wildman–Crippen MR) is 85.1 cm³/mol. The number of aliphatic carboxylic acids is 1. The Bertz CT molecular complexity index is 847. The second-order valence-corrected chi connectivity index (χ2v) is 5.82. The lowest BCUT2D eigenvalue weighted by Gasteiger charge is -2.12. The summed E-state index contributed by atoms with van der Waals surface area (Å²) in [5.74, 6) is -1.85. The van der Waals surface area contributed by atoms with Crippen molar-refractivity contribution >= 4 is 44.5 Å². The summed E-state index contributed by atoms with van der Waals surface area (Å²) in [6.07, 6.45) is 0.